The van der Waals surface area contributed by atoms with Crippen LogP contribution in [0.1, 0.15) is 20.3 Å². The Morgan fingerprint density at radius 2 is 2.28 bits per heavy atom. The molecular formula is C13H20N2O3. The molecule has 1 aromatic rings. The number of hydrogen-bond donors (Lipinski definition) is 2. The summed E-state index contributed by atoms with van der Waals surface area (Å²) in [7, 11) is 1.55. The molecule has 0 spiro atoms. The number of methoxy groups -OCH3 is 1. The number of rotatable bonds is 7. The van der Waals surface area contributed by atoms with Gasteiger partial charge in [-0.3, -0.25) is 4.79 Å². The van der Waals surface area contributed by atoms with Crippen molar-refractivity contribution in [3.8, 4) is 5.88 Å². The van der Waals surface area contributed by atoms with Crippen LogP contribution < -0.4 is 10.1 Å². The van der Waals surface area contributed by atoms with Crippen molar-refractivity contribution in [1.29, 1.82) is 0 Å². The molecule has 0 saturated carbocycles. The summed E-state index contributed by atoms with van der Waals surface area (Å²) < 4.78 is 5.01. The summed E-state index contributed by atoms with van der Waals surface area (Å²) in [6, 6.07) is 3.53. The standard InChI is InChI=1S/C13H20N2O3/c1-9(2)6-10(13(16)17)8-15-11-4-5-14-12(7-11)18-3/h4-5,7,9-10H,6,8H2,1-3H3,(H,14,15)(H,16,17). The SMILES string of the molecule is COc1cc(NCC(CC(C)C)C(=O)O)ccn1. The first-order chi connectivity index (χ1) is 8.52. The van der Waals surface area contributed by atoms with Gasteiger partial charge in [0.25, 0.3) is 0 Å². The first-order valence-corrected chi connectivity index (χ1v) is 5.99. The Hall–Kier alpha value is -1.78. The van der Waals surface area contributed by atoms with Crippen LogP contribution >= 0.6 is 0 Å². The highest BCUT2D eigenvalue weighted by molar-refractivity contribution is 5.70. The van der Waals surface area contributed by atoms with Gasteiger partial charge < -0.3 is 15.2 Å². The summed E-state index contributed by atoms with van der Waals surface area (Å²) in [4.78, 5) is 15.1. The van der Waals surface area contributed by atoms with Crippen LogP contribution in [0, 0.1) is 11.8 Å². The highest BCUT2D eigenvalue weighted by atomic mass is 16.5. The molecule has 0 radical (unpaired) electrons. The number of hydrogen-bond acceptors (Lipinski definition) is 4. The minimum absolute atomic E-state index is 0.361. The van der Waals surface area contributed by atoms with Crippen LogP contribution in [-0.2, 0) is 4.79 Å². The molecule has 5 nitrogen and oxygen atoms in total. The molecule has 0 aliphatic rings. The lowest BCUT2D eigenvalue weighted by atomic mass is 9.97. The summed E-state index contributed by atoms with van der Waals surface area (Å²) in [6.45, 7) is 4.44. The molecule has 1 atom stereocenters. The molecule has 0 fully saturated rings. The van der Waals surface area contributed by atoms with Crippen molar-refractivity contribution in [3.05, 3.63) is 18.3 Å². The number of anilines is 1. The van der Waals surface area contributed by atoms with E-state index in [4.69, 9.17) is 9.84 Å². The van der Waals surface area contributed by atoms with Crippen molar-refractivity contribution in [1.82, 2.24) is 4.98 Å². The Balaban J connectivity index is 2.58. The predicted octanol–water partition coefficient (Wildman–Crippen LogP) is 2.25. The van der Waals surface area contributed by atoms with Gasteiger partial charge in [0.1, 0.15) is 0 Å². The minimum Gasteiger partial charge on any atom is -0.481 e. The molecule has 0 aromatic carbocycles. The van der Waals surface area contributed by atoms with E-state index in [1.54, 1.807) is 25.4 Å². The second kappa shape index (κ2) is 6.83. The van der Waals surface area contributed by atoms with Crippen molar-refractivity contribution >= 4 is 11.7 Å². The van der Waals surface area contributed by atoms with Gasteiger partial charge in [0.2, 0.25) is 5.88 Å². The average Bonchev–Trinajstić information content (AvgIpc) is 2.34. The first kappa shape index (κ1) is 14.3. The molecule has 1 aromatic heterocycles. The van der Waals surface area contributed by atoms with Gasteiger partial charge in [0.15, 0.2) is 0 Å². The van der Waals surface area contributed by atoms with E-state index >= 15 is 0 Å². The van der Waals surface area contributed by atoms with E-state index in [1.165, 1.54) is 0 Å². The van der Waals surface area contributed by atoms with E-state index in [-0.39, 0.29) is 5.92 Å². The van der Waals surface area contributed by atoms with Gasteiger partial charge in [0.05, 0.1) is 13.0 Å². The topological polar surface area (TPSA) is 71.5 Å². The van der Waals surface area contributed by atoms with Gasteiger partial charge >= 0.3 is 5.97 Å². The van der Waals surface area contributed by atoms with Gasteiger partial charge in [-0.15, -0.1) is 0 Å². The second-order valence-electron chi connectivity index (χ2n) is 4.63. The molecule has 0 aliphatic heterocycles. The molecule has 1 rings (SSSR count). The molecule has 2 N–H and O–H groups in total. The van der Waals surface area contributed by atoms with E-state index < -0.39 is 5.97 Å². The fraction of sp³-hybridized carbons (Fsp3) is 0.538. The van der Waals surface area contributed by atoms with E-state index in [1.807, 2.05) is 13.8 Å². The fourth-order valence-corrected chi connectivity index (χ4v) is 1.71. The maximum absolute atomic E-state index is 11.1. The van der Waals surface area contributed by atoms with Crippen LogP contribution in [-0.4, -0.2) is 29.7 Å². The third kappa shape index (κ3) is 4.61. The Bertz CT molecular complexity index is 394. The number of aliphatic carboxylic acids is 1. The van der Waals surface area contributed by atoms with Crippen LogP contribution in [0.3, 0.4) is 0 Å². The van der Waals surface area contributed by atoms with Crippen molar-refractivity contribution in [2.75, 3.05) is 19.0 Å². The third-order valence-corrected chi connectivity index (χ3v) is 2.60. The monoisotopic (exact) mass is 252 g/mol. The Labute approximate surface area is 107 Å². The molecule has 0 bridgehead atoms. The highest BCUT2D eigenvalue weighted by Gasteiger charge is 2.18. The van der Waals surface area contributed by atoms with Crippen LogP contribution in [0.15, 0.2) is 18.3 Å². The zero-order valence-corrected chi connectivity index (χ0v) is 11.0. The molecule has 5 heteroatoms. The molecule has 0 aliphatic carbocycles. The van der Waals surface area contributed by atoms with E-state index in [0.717, 1.165) is 5.69 Å². The highest BCUT2D eigenvalue weighted by Crippen LogP contribution is 2.16. The number of pyridine rings is 1. The summed E-state index contributed by atoms with van der Waals surface area (Å²) in [5.74, 6) is -0.281. The number of carboxylic acid groups (broad SMARTS) is 1. The van der Waals surface area contributed by atoms with Crippen LogP contribution in [0.5, 0.6) is 5.88 Å². The Kier molecular flexibility index (Phi) is 5.42. The largest absolute Gasteiger partial charge is 0.481 e. The molecule has 18 heavy (non-hydrogen) atoms. The van der Waals surface area contributed by atoms with Crippen LogP contribution in [0.25, 0.3) is 0 Å². The van der Waals surface area contributed by atoms with E-state index in [2.05, 4.69) is 10.3 Å². The van der Waals surface area contributed by atoms with Crippen molar-refractivity contribution < 1.29 is 14.6 Å². The maximum atomic E-state index is 11.1. The number of carbonyl (C=O) groups is 1. The first-order valence-electron chi connectivity index (χ1n) is 5.99. The number of nitrogens with zero attached hydrogens (tertiary/aromatic N) is 1. The van der Waals surface area contributed by atoms with Crippen molar-refractivity contribution in [2.24, 2.45) is 11.8 Å². The molecular weight excluding hydrogens is 232 g/mol. The summed E-state index contributed by atoms with van der Waals surface area (Å²) in [5, 5.41) is 12.2. The zero-order valence-electron chi connectivity index (χ0n) is 11.0. The van der Waals surface area contributed by atoms with Gasteiger partial charge in [-0.05, 0) is 18.4 Å². The van der Waals surface area contributed by atoms with Crippen molar-refractivity contribution in [2.45, 2.75) is 20.3 Å². The quantitative estimate of drug-likeness (QED) is 0.778. The summed E-state index contributed by atoms with van der Waals surface area (Å²) in [6.07, 6.45) is 2.28. The molecule has 1 heterocycles. The van der Waals surface area contributed by atoms with Crippen molar-refractivity contribution in [3.63, 3.8) is 0 Å². The fourth-order valence-electron chi connectivity index (χ4n) is 1.71. The predicted molar refractivity (Wildman–Crippen MR) is 69.9 cm³/mol. The smallest absolute Gasteiger partial charge is 0.308 e. The van der Waals surface area contributed by atoms with E-state index in [0.29, 0.717) is 24.8 Å². The lowest BCUT2D eigenvalue weighted by molar-refractivity contribution is -0.141. The van der Waals surface area contributed by atoms with Gasteiger partial charge in [-0.25, -0.2) is 4.98 Å². The van der Waals surface area contributed by atoms with Gasteiger partial charge in [-0.1, -0.05) is 13.8 Å². The molecule has 1 unspecified atom stereocenters. The third-order valence-electron chi connectivity index (χ3n) is 2.60. The average molecular weight is 252 g/mol. The Morgan fingerprint density at radius 1 is 1.56 bits per heavy atom. The van der Waals surface area contributed by atoms with Crippen LogP contribution in [0.4, 0.5) is 5.69 Å². The maximum Gasteiger partial charge on any atom is 0.308 e. The number of ether oxygens (including phenoxy) is 1. The molecule has 0 saturated heterocycles. The lowest BCUT2D eigenvalue weighted by Gasteiger charge is -2.16. The van der Waals surface area contributed by atoms with Crippen LogP contribution in [0.2, 0.25) is 0 Å². The zero-order chi connectivity index (χ0) is 13.5. The van der Waals surface area contributed by atoms with Gasteiger partial charge in [0, 0.05) is 24.5 Å². The second-order valence-corrected chi connectivity index (χ2v) is 4.63. The lowest BCUT2D eigenvalue weighted by Crippen LogP contribution is -2.24. The number of nitrogens with one attached hydrogen (secondary N) is 1. The van der Waals surface area contributed by atoms with Gasteiger partial charge in [-0.2, -0.15) is 0 Å². The van der Waals surface area contributed by atoms with E-state index in [9.17, 15) is 4.79 Å². The Morgan fingerprint density at radius 3 is 2.83 bits per heavy atom. The normalized spacial score (nSPS) is 12.2. The molecule has 0 amide bonds. The molecule has 100 valence electrons. The summed E-state index contributed by atoms with van der Waals surface area (Å²) in [5.41, 5.74) is 0.817. The number of carboxylic acids is 1. The summed E-state index contributed by atoms with van der Waals surface area (Å²) >= 11 is 0. The minimum atomic E-state index is -0.766. The number of aromatic nitrogens is 1.